The fraction of sp³-hybridized carbons (Fsp3) is 0.500. The minimum absolute atomic E-state index is 0.145. The highest BCUT2D eigenvalue weighted by Crippen LogP contribution is 2.16. The Morgan fingerprint density at radius 3 is 2.36 bits per heavy atom. The van der Waals surface area contributed by atoms with Gasteiger partial charge in [-0.05, 0) is 6.42 Å². The first-order chi connectivity index (χ1) is 6.65. The molecule has 0 bridgehead atoms. The molecule has 0 aliphatic rings. The number of hydrogen-bond acceptors (Lipinski definition) is 4. The lowest BCUT2D eigenvalue weighted by molar-refractivity contribution is 0.0116. The molecule has 1 heterocycles. The zero-order valence-corrected chi connectivity index (χ0v) is 8.78. The highest BCUT2D eigenvalue weighted by molar-refractivity contribution is 6.30. The van der Waals surface area contributed by atoms with Crippen LogP contribution in [0.2, 0.25) is 5.02 Å². The van der Waals surface area contributed by atoms with Gasteiger partial charge in [0.1, 0.15) is 6.10 Å². The Hall–Kier alpha value is -0.420. The number of aromatic nitrogens is 2. The van der Waals surface area contributed by atoms with Crippen LogP contribution in [0.15, 0.2) is 12.4 Å². The Balaban J connectivity index is 2.68. The molecule has 0 saturated heterocycles. The largest absolute Gasteiger partial charge is 0.390 e. The molecule has 0 amide bonds. The summed E-state index contributed by atoms with van der Waals surface area (Å²) in [5, 5.41) is 19.3. The smallest absolute Gasteiger partial charge is 0.159 e. The van der Waals surface area contributed by atoms with Crippen LogP contribution in [0.5, 0.6) is 0 Å². The molecular formula is C8H10Cl2N2O2. The summed E-state index contributed by atoms with van der Waals surface area (Å²) in [6.07, 6.45) is 0.940. The molecule has 14 heavy (non-hydrogen) atoms. The molecule has 1 aromatic heterocycles. The highest BCUT2D eigenvalue weighted by Gasteiger charge is 2.19. The molecule has 0 fully saturated rings. The van der Waals surface area contributed by atoms with E-state index in [-0.39, 0.29) is 18.1 Å². The lowest BCUT2D eigenvalue weighted by atomic mass is 10.1. The Labute approximate surface area is 91.5 Å². The fourth-order valence-corrected chi connectivity index (χ4v) is 1.24. The second kappa shape index (κ2) is 5.46. The van der Waals surface area contributed by atoms with Crippen molar-refractivity contribution in [3.8, 4) is 0 Å². The van der Waals surface area contributed by atoms with Crippen LogP contribution < -0.4 is 0 Å². The molecule has 6 heteroatoms. The summed E-state index contributed by atoms with van der Waals surface area (Å²) in [7, 11) is 0. The SMILES string of the molecule is OC(CCCl)C(O)c1ncc(Cl)cn1. The number of alkyl halides is 1. The Morgan fingerprint density at radius 1 is 1.29 bits per heavy atom. The average Bonchev–Trinajstić information content (AvgIpc) is 2.18. The van der Waals surface area contributed by atoms with Gasteiger partial charge in [0.15, 0.2) is 5.82 Å². The van der Waals surface area contributed by atoms with Crippen LogP contribution in [0.1, 0.15) is 18.3 Å². The van der Waals surface area contributed by atoms with E-state index < -0.39 is 12.2 Å². The van der Waals surface area contributed by atoms with Crippen molar-refractivity contribution in [1.82, 2.24) is 9.97 Å². The molecule has 2 N–H and O–H groups in total. The minimum atomic E-state index is -1.12. The third kappa shape index (κ3) is 3.06. The lowest BCUT2D eigenvalue weighted by Gasteiger charge is -2.14. The van der Waals surface area contributed by atoms with Gasteiger partial charge in [0.25, 0.3) is 0 Å². The third-order valence-electron chi connectivity index (χ3n) is 1.67. The zero-order chi connectivity index (χ0) is 10.6. The van der Waals surface area contributed by atoms with Gasteiger partial charge in [-0.25, -0.2) is 9.97 Å². The fourth-order valence-electron chi connectivity index (χ4n) is 0.917. The summed E-state index contributed by atoms with van der Waals surface area (Å²) >= 11 is 11.0. The van der Waals surface area contributed by atoms with Gasteiger partial charge in [0, 0.05) is 18.3 Å². The van der Waals surface area contributed by atoms with E-state index in [9.17, 15) is 10.2 Å². The van der Waals surface area contributed by atoms with E-state index >= 15 is 0 Å². The van der Waals surface area contributed by atoms with Crippen LogP contribution in [-0.2, 0) is 0 Å². The number of aliphatic hydroxyl groups excluding tert-OH is 2. The molecule has 0 aromatic carbocycles. The van der Waals surface area contributed by atoms with Crippen molar-refractivity contribution in [1.29, 1.82) is 0 Å². The van der Waals surface area contributed by atoms with Gasteiger partial charge < -0.3 is 10.2 Å². The van der Waals surface area contributed by atoms with Crippen LogP contribution in [-0.4, -0.2) is 32.2 Å². The van der Waals surface area contributed by atoms with Gasteiger partial charge in [-0.3, -0.25) is 0 Å². The summed E-state index contributed by atoms with van der Waals surface area (Å²) in [5.41, 5.74) is 0. The van der Waals surface area contributed by atoms with Crippen molar-refractivity contribution in [2.45, 2.75) is 18.6 Å². The van der Waals surface area contributed by atoms with Gasteiger partial charge in [-0.2, -0.15) is 0 Å². The number of rotatable bonds is 4. The van der Waals surface area contributed by atoms with Crippen LogP contribution in [0, 0.1) is 0 Å². The van der Waals surface area contributed by atoms with Crippen molar-refractivity contribution in [2.24, 2.45) is 0 Å². The van der Waals surface area contributed by atoms with Gasteiger partial charge >= 0.3 is 0 Å². The maximum Gasteiger partial charge on any atom is 0.159 e. The van der Waals surface area contributed by atoms with Crippen molar-refractivity contribution in [2.75, 3.05) is 5.88 Å². The van der Waals surface area contributed by atoms with Gasteiger partial charge in [-0.15, -0.1) is 11.6 Å². The Morgan fingerprint density at radius 2 is 1.86 bits per heavy atom. The molecule has 0 spiro atoms. The predicted octanol–water partition coefficient (Wildman–Crippen LogP) is 1.15. The second-order valence-corrected chi connectivity index (χ2v) is 3.56. The first-order valence-electron chi connectivity index (χ1n) is 4.04. The highest BCUT2D eigenvalue weighted by atomic mass is 35.5. The Kier molecular flexibility index (Phi) is 4.54. The maximum atomic E-state index is 9.53. The quantitative estimate of drug-likeness (QED) is 0.771. The van der Waals surface area contributed by atoms with E-state index in [1.54, 1.807) is 0 Å². The molecule has 78 valence electrons. The normalized spacial score (nSPS) is 15.1. The summed E-state index contributed by atoms with van der Waals surface area (Å²) in [4.78, 5) is 7.57. The van der Waals surface area contributed by atoms with E-state index in [0.29, 0.717) is 5.02 Å². The molecule has 2 atom stereocenters. The average molecular weight is 237 g/mol. The van der Waals surface area contributed by atoms with Gasteiger partial charge in [0.2, 0.25) is 0 Å². The molecule has 4 nitrogen and oxygen atoms in total. The summed E-state index contributed by atoms with van der Waals surface area (Å²) in [6, 6.07) is 0. The van der Waals surface area contributed by atoms with Crippen LogP contribution in [0.25, 0.3) is 0 Å². The van der Waals surface area contributed by atoms with Crippen molar-refractivity contribution < 1.29 is 10.2 Å². The van der Waals surface area contributed by atoms with Crippen molar-refractivity contribution >= 4 is 23.2 Å². The number of halogens is 2. The molecule has 1 rings (SSSR count). The van der Waals surface area contributed by atoms with E-state index in [1.807, 2.05) is 0 Å². The summed E-state index contributed by atoms with van der Waals surface area (Å²) in [5.74, 6) is 0.415. The van der Waals surface area contributed by atoms with Crippen LogP contribution in [0.3, 0.4) is 0 Å². The first kappa shape index (κ1) is 11.7. The van der Waals surface area contributed by atoms with Crippen LogP contribution >= 0.6 is 23.2 Å². The zero-order valence-electron chi connectivity index (χ0n) is 7.27. The standard InChI is InChI=1S/C8H10Cl2N2O2/c9-2-1-6(13)7(14)8-11-3-5(10)4-12-8/h3-4,6-7,13-14H,1-2H2. The Bertz CT molecular complexity index is 281. The summed E-state index contributed by atoms with van der Waals surface area (Å²) < 4.78 is 0. The topological polar surface area (TPSA) is 66.2 Å². The second-order valence-electron chi connectivity index (χ2n) is 2.75. The van der Waals surface area contributed by atoms with E-state index in [4.69, 9.17) is 23.2 Å². The minimum Gasteiger partial charge on any atom is -0.390 e. The van der Waals surface area contributed by atoms with E-state index in [2.05, 4.69) is 9.97 Å². The van der Waals surface area contributed by atoms with Gasteiger partial charge in [0.05, 0.1) is 11.1 Å². The maximum absolute atomic E-state index is 9.53. The first-order valence-corrected chi connectivity index (χ1v) is 4.96. The summed E-state index contributed by atoms with van der Waals surface area (Å²) in [6.45, 7) is 0. The van der Waals surface area contributed by atoms with Crippen LogP contribution in [0.4, 0.5) is 0 Å². The molecule has 0 aliphatic carbocycles. The molecule has 0 radical (unpaired) electrons. The number of aliphatic hydroxyl groups is 2. The molecular weight excluding hydrogens is 227 g/mol. The molecule has 0 aliphatic heterocycles. The van der Waals surface area contributed by atoms with Gasteiger partial charge in [-0.1, -0.05) is 11.6 Å². The number of hydrogen-bond donors (Lipinski definition) is 2. The third-order valence-corrected chi connectivity index (χ3v) is 2.09. The van der Waals surface area contributed by atoms with E-state index in [1.165, 1.54) is 12.4 Å². The number of nitrogens with zero attached hydrogens (tertiary/aromatic N) is 2. The van der Waals surface area contributed by atoms with E-state index in [0.717, 1.165) is 0 Å². The molecule has 2 unspecified atom stereocenters. The molecule has 0 saturated carbocycles. The monoisotopic (exact) mass is 236 g/mol. The predicted molar refractivity (Wildman–Crippen MR) is 53.3 cm³/mol. The van der Waals surface area contributed by atoms with Crippen molar-refractivity contribution in [3.05, 3.63) is 23.2 Å². The molecule has 1 aromatic rings. The van der Waals surface area contributed by atoms with Crippen molar-refractivity contribution in [3.63, 3.8) is 0 Å². The lowest BCUT2D eigenvalue weighted by Crippen LogP contribution is -2.20.